The van der Waals surface area contributed by atoms with Crippen LogP contribution in [-0.4, -0.2) is 48.4 Å². The molecule has 5 heterocycles. The minimum absolute atomic E-state index is 0.407. The monoisotopic (exact) mass is 491 g/mol. The fourth-order valence-electron chi connectivity index (χ4n) is 5.70. The van der Waals surface area contributed by atoms with Gasteiger partial charge in [0.05, 0.1) is 5.56 Å². The Hall–Kier alpha value is -4.08. The largest absolute Gasteiger partial charge is 0.383 e. The number of nitrogens with one attached hydrogen (secondary N) is 2. The number of rotatable bonds is 5. The maximum absolute atomic E-state index is 6.31. The molecule has 1 atom stereocenters. The quantitative estimate of drug-likeness (QED) is 0.345. The molecule has 1 unspecified atom stereocenters. The molecule has 1 aliphatic heterocycles. The maximum Gasteiger partial charge on any atom is 0.167 e. The highest BCUT2D eigenvalue weighted by molar-refractivity contribution is 5.83. The van der Waals surface area contributed by atoms with Crippen molar-refractivity contribution in [2.24, 2.45) is 0 Å². The van der Waals surface area contributed by atoms with E-state index < -0.39 is 0 Å². The van der Waals surface area contributed by atoms with Gasteiger partial charge in [0.2, 0.25) is 0 Å². The Bertz CT molecular complexity index is 1560. The third-order valence-electron chi connectivity index (χ3n) is 7.55. The SMILES string of the molecule is Nc1ncccc1-c1nc2ccc(-n3cccn3)nc2n1-c1ccc2c(c1)CCC2NC1CCNCC1. The van der Waals surface area contributed by atoms with Gasteiger partial charge in [0.15, 0.2) is 17.3 Å². The summed E-state index contributed by atoms with van der Waals surface area (Å²) in [5, 5.41) is 11.7. The number of hydrogen-bond acceptors (Lipinski definition) is 7. The van der Waals surface area contributed by atoms with Crippen LogP contribution in [0.4, 0.5) is 5.82 Å². The molecule has 1 fully saturated rings. The third-order valence-corrected chi connectivity index (χ3v) is 7.55. The molecule has 1 aromatic carbocycles. The van der Waals surface area contributed by atoms with E-state index in [0.29, 0.717) is 17.9 Å². The van der Waals surface area contributed by atoms with Crippen LogP contribution in [0.1, 0.15) is 36.4 Å². The highest BCUT2D eigenvalue weighted by Gasteiger charge is 2.27. The van der Waals surface area contributed by atoms with E-state index in [1.807, 2.05) is 36.5 Å². The van der Waals surface area contributed by atoms with E-state index in [0.717, 1.165) is 60.0 Å². The first-order chi connectivity index (χ1) is 18.2. The summed E-state index contributed by atoms with van der Waals surface area (Å²) in [5.74, 6) is 1.91. The summed E-state index contributed by atoms with van der Waals surface area (Å²) in [4.78, 5) is 14.3. The van der Waals surface area contributed by atoms with Gasteiger partial charge in [-0.25, -0.2) is 19.6 Å². The number of piperidine rings is 1. The summed E-state index contributed by atoms with van der Waals surface area (Å²) in [6, 6.07) is 17.4. The molecule has 0 amide bonds. The molecule has 4 aromatic heterocycles. The Balaban J connectivity index is 1.34. The fourth-order valence-corrected chi connectivity index (χ4v) is 5.70. The van der Waals surface area contributed by atoms with Crippen molar-refractivity contribution in [1.82, 2.24) is 39.9 Å². The Morgan fingerprint density at radius 2 is 1.89 bits per heavy atom. The molecule has 186 valence electrons. The second kappa shape index (κ2) is 9.10. The Labute approximate surface area is 214 Å². The zero-order valence-corrected chi connectivity index (χ0v) is 20.5. The van der Waals surface area contributed by atoms with E-state index in [4.69, 9.17) is 15.7 Å². The Morgan fingerprint density at radius 1 is 0.973 bits per heavy atom. The molecule has 0 radical (unpaired) electrons. The molecule has 7 rings (SSSR count). The van der Waals surface area contributed by atoms with Crippen molar-refractivity contribution in [3.8, 4) is 22.9 Å². The van der Waals surface area contributed by atoms with E-state index in [1.54, 1.807) is 17.1 Å². The van der Waals surface area contributed by atoms with Crippen LogP contribution >= 0.6 is 0 Å². The molecule has 9 heteroatoms. The minimum Gasteiger partial charge on any atom is -0.383 e. The van der Waals surface area contributed by atoms with Crippen LogP contribution in [0.25, 0.3) is 34.1 Å². The summed E-state index contributed by atoms with van der Waals surface area (Å²) in [6.45, 7) is 2.19. The first kappa shape index (κ1) is 22.1. The lowest BCUT2D eigenvalue weighted by molar-refractivity contribution is 0.349. The number of fused-ring (bicyclic) bond motifs is 2. The van der Waals surface area contributed by atoms with Crippen LogP contribution in [0, 0.1) is 0 Å². The number of anilines is 1. The van der Waals surface area contributed by atoms with E-state index >= 15 is 0 Å². The lowest BCUT2D eigenvalue weighted by atomic mass is 10.0. The Morgan fingerprint density at radius 3 is 2.73 bits per heavy atom. The topological polar surface area (TPSA) is 112 Å². The first-order valence-electron chi connectivity index (χ1n) is 12.9. The number of imidazole rings is 1. The Kier molecular flexibility index (Phi) is 5.44. The lowest BCUT2D eigenvalue weighted by Gasteiger charge is -2.27. The van der Waals surface area contributed by atoms with Gasteiger partial charge in [0.1, 0.15) is 11.3 Å². The summed E-state index contributed by atoms with van der Waals surface area (Å²) in [5.41, 5.74) is 12.4. The zero-order chi connectivity index (χ0) is 24.8. The van der Waals surface area contributed by atoms with E-state index in [9.17, 15) is 0 Å². The molecule has 2 aliphatic rings. The van der Waals surface area contributed by atoms with Gasteiger partial charge < -0.3 is 16.4 Å². The van der Waals surface area contributed by atoms with Crippen LogP contribution in [0.3, 0.4) is 0 Å². The van der Waals surface area contributed by atoms with Crippen LogP contribution in [0.15, 0.2) is 67.1 Å². The first-order valence-corrected chi connectivity index (χ1v) is 12.9. The molecule has 4 N–H and O–H groups in total. The van der Waals surface area contributed by atoms with Gasteiger partial charge >= 0.3 is 0 Å². The summed E-state index contributed by atoms with van der Waals surface area (Å²) in [6.07, 6.45) is 9.88. The fraction of sp³-hybridized carbons (Fsp3) is 0.286. The highest BCUT2D eigenvalue weighted by Crippen LogP contribution is 2.36. The molecule has 1 saturated heterocycles. The minimum atomic E-state index is 0.407. The third kappa shape index (κ3) is 3.96. The number of hydrogen-bond donors (Lipinski definition) is 3. The van der Waals surface area contributed by atoms with Gasteiger partial charge in [0.25, 0.3) is 0 Å². The average Bonchev–Trinajstić information content (AvgIpc) is 3.68. The van der Waals surface area contributed by atoms with Crippen LogP contribution in [-0.2, 0) is 6.42 Å². The molecule has 37 heavy (non-hydrogen) atoms. The number of pyridine rings is 2. The maximum atomic E-state index is 6.31. The predicted molar refractivity (Wildman–Crippen MR) is 144 cm³/mol. The number of nitrogen functional groups attached to an aromatic ring is 1. The standard InChI is InChI=1S/C28H29N9/c29-26-22(3-1-12-31-26)27-34-24-8-9-25(36-16-2-13-32-36)35-28(24)37(27)20-5-6-21-18(17-20)4-7-23(21)33-19-10-14-30-15-11-19/h1-3,5-6,8-9,12-13,16-17,19,23,30,33H,4,7,10-11,14-15H2,(H2,29,31). The number of aromatic nitrogens is 6. The van der Waals surface area contributed by atoms with Crippen molar-refractivity contribution in [2.75, 3.05) is 18.8 Å². The molecule has 0 spiro atoms. The second-order valence-corrected chi connectivity index (χ2v) is 9.84. The number of benzene rings is 1. The number of nitrogens with zero attached hydrogens (tertiary/aromatic N) is 6. The molecular weight excluding hydrogens is 462 g/mol. The van der Waals surface area contributed by atoms with Crippen molar-refractivity contribution in [3.05, 3.63) is 78.2 Å². The van der Waals surface area contributed by atoms with Crippen molar-refractivity contribution >= 4 is 17.0 Å². The van der Waals surface area contributed by atoms with Gasteiger partial charge in [-0.2, -0.15) is 5.10 Å². The zero-order valence-electron chi connectivity index (χ0n) is 20.5. The van der Waals surface area contributed by atoms with Gasteiger partial charge in [-0.05, 0) is 92.4 Å². The molecule has 1 aliphatic carbocycles. The lowest BCUT2D eigenvalue weighted by Crippen LogP contribution is -2.41. The molecule has 0 saturated carbocycles. The van der Waals surface area contributed by atoms with E-state index in [-0.39, 0.29) is 0 Å². The van der Waals surface area contributed by atoms with Crippen molar-refractivity contribution in [2.45, 2.75) is 37.8 Å². The summed E-state index contributed by atoms with van der Waals surface area (Å²) in [7, 11) is 0. The number of aryl methyl sites for hydroxylation is 1. The number of nitrogens with two attached hydrogens (primary N) is 1. The predicted octanol–water partition coefficient (Wildman–Crippen LogP) is 3.58. The van der Waals surface area contributed by atoms with Crippen molar-refractivity contribution in [3.63, 3.8) is 0 Å². The molecule has 0 bridgehead atoms. The van der Waals surface area contributed by atoms with Crippen molar-refractivity contribution < 1.29 is 0 Å². The summed E-state index contributed by atoms with van der Waals surface area (Å²) >= 11 is 0. The van der Waals surface area contributed by atoms with E-state index in [1.165, 1.54) is 24.0 Å². The van der Waals surface area contributed by atoms with Gasteiger partial charge in [-0.1, -0.05) is 6.07 Å². The second-order valence-electron chi connectivity index (χ2n) is 9.84. The molecule has 9 nitrogen and oxygen atoms in total. The van der Waals surface area contributed by atoms with Gasteiger partial charge in [-0.15, -0.1) is 0 Å². The van der Waals surface area contributed by atoms with Crippen LogP contribution in [0.2, 0.25) is 0 Å². The van der Waals surface area contributed by atoms with Crippen LogP contribution in [0.5, 0.6) is 0 Å². The molecular formula is C28H29N9. The molecule has 5 aromatic rings. The van der Waals surface area contributed by atoms with E-state index in [2.05, 4.69) is 43.5 Å². The van der Waals surface area contributed by atoms with Crippen molar-refractivity contribution in [1.29, 1.82) is 0 Å². The van der Waals surface area contributed by atoms with Gasteiger partial charge in [0, 0.05) is 36.4 Å². The smallest absolute Gasteiger partial charge is 0.167 e. The van der Waals surface area contributed by atoms with Gasteiger partial charge in [-0.3, -0.25) is 4.57 Å². The summed E-state index contributed by atoms with van der Waals surface area (Å²) < 4.78 is 3.86. The van der Waals surface area contributed by atoms with Crippen LogP contribution < -0.4 is 16.4 Å². The highest BCUT2D eigenvalue weighted by atomic mass is 15.3. The average molecular weight is 492 g/mol. The normalized spacial score (nSPS) is 17.9.